The molecule has 1 fully saturated rings. The Balaban J connectivity index is 2.14. The van der Waals surface area contributed by atoms with E-state index in [2.05, 4.69) is 9.97 Å². The number of carbonyl (C=O) groups excluding carboxylic acids is 1. The predicted molar refractivity (Wildman–Crippen MR) is 82.6 cm³/mol. The number of nitrogens with two attached hydrogens (primary N) is 1. The highest BCUT2D eigenvalue weighted by Crippen LogP contribution is 2.32. The van der Waals surface area contributed by atoms with Crippen molar-refractivity contribution >= 4 is 23.0 Å². The van der Waals surface area contributed by atoms with Crippen molar-refractivity contribution in [2.45, 2.75) is 31.5 Å². The molecule has 3 heterocycles. The van der Waals surface area contributed by atoms with Crippen molar-refractivity contribution in [3.05, 3.63) is 21.0 Å². The van der Waals surface area contributed by atoms with Gasteiger partial charge in [-0.15, -0.1) is 0 Å². The fraction of sp³-hybridized carbons (Fsp3) is 0.538. The number of carbonyl (C=O) groups is 1. The number of nitrogens with zero attached hydrogens (tertiary/aromatic N) is 3. The molecule has 4 atom stereocenters. The summed E-state index contributed by atoms with van der Waals surface area (Å²) in [5, 5.41) is 19.8. The largest absolute Gasteiger partial charge is 0.457 e. The van der Waals surface area contributed by atoms with Crippen molar-refractivity contribution < 1.29 is 24.5 Å². The summed E-state index contributed by atoms with van der Waals surface area (Å²) in [4.78, 5) is 41.6. The van der Waals surface area contributed by atoms with Crippen molar-refractivity contribution in [2.75, 3.05) is 12.3 Å². The number of hydrogen-bond donors (Lipinski definition) is 4. The number of hydrogen-bond acceptors (Lipinski definition) is 9. The minimum atomic E-state index is -1.47. The number of aliphatic hydroxyl groups is 2. The number of aromatic nitrogens is 4. The predicted octanol–water partition coefficient (Wildman–Crippen LogP) is -2.81. The molecular formula is C13H17N5O7. The van der Waals surface area contributed by atoms with Gasteiger partial charge >= 0.3 is 17.3 Å². The summed E-state index contributed by atoms with van der Waals surface area (Å²) in [6.07, 6.45) is -5.04. The molecular weight excluding hydrogens is 338 g/mol. The zero-order chi connectivity index (χ0) is 18.5. The molecule has 2 aromatic heterocycles. The molecule has 0 saturated carbocycles. The number of nitrogen functional groups attached to an aromatic ring is 1. The quantitative estimate of drug-likeness (QED) is 0.423. The molecule has 12 heteroatoms. The molecule has 1 aliphatic rings. The van der Waals surface area contributed by atoms with Crippen molar-refractivity contribution in [2.24, 2.45) is 7.05 Å². The van der Waals surface area contributed by atoms with Gasteiger partial charge in [-0.05, 0) is 0 Å². The molecule has 0 bridgehead atoms. The van der Waals surface area contributed by atoms with Crippen LogP contribution in [0.1, 0.15) is 13.2 Å². The van der Waals surface area contributed by atoms with Crippen molar-refractivity contribution in [1.29, 1.82) is 0 Å². The lowest BCUT2D eigenvalue weighted by molar-refractivity contribution is -0.153. The van der Waals surface area contributed by atoms with Gasteiger partial charge in [0.2, 0.25) is 0 Å². The van der Waals surface area contributed by atoms with E-state index in [0.29, 0.717) is 0 Å². The van der Waals surface area contributed by atoms with Gasteiger partial charge in [0.1, 0.15) is 23.5 Å². The summed E-state index contributed by atoms with van der Waals surface area (Å²) in [7, 11) is 1.39. The van der Waals surface area contributed by atoms with E-state index in [0.717, 1.165) is 16.1 Å². The maximum atomic E-state index is 12.3. The SMILES string of the molecule is CC(=O)OC1C(CO)OC(n2c(=O)[nH]c3c(N)n(C)c(=O)nc32)C1O. The Morgan fingerprint density at radius 3 is 2.76 bits per heavy atom. The van der Waals surface area contributed by atoms with E-state index in [4.69, 9.17) is 15.2 Å². The normalized spacial score (nSPS) is 26.2. The molecule has 4 unspecified atom stereocenters. The molecule has 0 aromatic carbocycles. The average molecular weight is 355 g/mol. The number of H-pyrrole nitrogens is 1. The van der Waals surface area contributed by atoms with E-state index in [-0.39, 0.29) is 17.0 Å². The minimum Gasteiger partial charge on any atom is -0.457 e. The molecule has 1 aliphatic heterocycles. The lowest BCUT2D eigenvalue weighted by atomic mass is 10.1. The van der Waals surface area contributed by atoms with E-state index in [1.54, 1.807) is 0 Å². The van der Waals surface area contributed by atoms with E-state index in [1.165, 1.54) is 7.05 Å². The lowest BCUT2D eigenvalue weighted by Gasteiger charge is -2.18. The summed E-state index contributed by atoms with van der Waals surface area (Å²) in [6, 6.07) is 0. The standard InChI is InChI=1S/C13H17N5O7/c1-4(20)24-8-5(3-19)25-11(7(8)21)18-10-6(15-13(18)23)9(14)17(2)12(22)16-10/h5,7-8,11,19,21H,3,14H2,1-2H3,(H,15,23). The molecule has 0 aliphatic carbocycles. The summed E-state index contributed by atoms with van der Waals surface area (Å²) in [5.74, 6) is -0.706. The fourth-order valence-electron chi connectivity index (χ4n) is 2.82. The first kappa shape index (κ1) is 17.1. The zero-order valence-corrected chi connectivity index (χ0v) is 13.4. The minimum absolute atomic E-state index is 0.0198. The van der Waals surface area contributed by atoms with E-state index in [9.17, 15) is 24.6 Å². The molecule has 25 heavy (non-hydrogen) atoms. The second-order valence-electron chi connectivity index (χ2n) is 5.65. The van der Waals surface area contributed by atoms with E-state index < -0.39 is 48.5 Å². The first-order chi connectivity index (χ1) is 11.8. The smallest absolute Gasteiger partial charge is 0.350 e. The Morgan fingerprint density at radius 2 is 2.16 bits per heavy atom. The molecule has 5 N–H and O–H groups in total. The van der Waals surface area contributed by atoms with Crippen LogP contribution in [0.5, 0.6) is 0 Å². The van der Waals surface area contributed by atoms with Crippen LogP contribution >= 0.6 is 0 Å². The van der Waals surface area contributed by atoms with Gasteiger partial charge in [-0.3, -0.25) is 9.36 Å². The van der Waals surface area contributed by atoms with Crippen LogP contribution in [0.3, 0.4) is 0 Å². The summed E-state index contributed by atoms with van der Waals surface area (Å²) in [5.41, 5.74) is 4.35. The molecule has 0 spiro atoms. The Kier molecular flexibility index (Phi) is 4.10. The van der Waals surface area contributed by atoms with Gasteiger partial charge in [0.25, 0.3) is 0 Å². The number of aliphatic hydroxyl groups excluding tert-OH is 2. The van der Waals surface area contributed by atoms with Crippen molar-refractivity contribution in [1.82, 2.24) is 19.1 Å². The molecule has 0 radical (unpaired) electrons. The molecule has 12 nitrogen and oxygen atoms in total. The Bertz CT molecular complexity index is 945. The second kappa shape index (κ2) is 5.98. The molecule has 2 aromatic rings. The Morgan fingerprint density at radius 1 is 1.48 bits per heavy atom. The maximum Gasteiger partial charge on any atom is 0.350 e. The Hall–Kier alpha value is -2.70. The highest BCUT2D eigenvalue weighted by molar-refractivity contribution is 5.81. The average Bonchev–Trinajstić information content (AvgIpc) is 3.02. The van der Waals surface area contributed by atoms with Crippen LogP contribution in [-0.4, -0.2) is 60.2 Å². The number of ether oxygens (including phenoxy) is 2. The number of aromatic amines is 1. The van der Waals surface area contributed by atoms with Crippen molar-refractivity contribution in [3.8, 4) is 0 Å². The molecule has 136 valence electrons. The van der Waals surface area contributed by atoms with Crippen LogP contribution in [0.4, 0.5) is 5.82 Å². The number of rotatable bonds is 3. The summed E-state index contributed by atoms with van der Waals surface area (Å²) >= 11 is 0. The van der Waals surface area contributed by atoms with Crippen LogP contribution in [0, 0.1) is 0 Å². The lowest BCUT2D eigenvalue weighted by Crippen LogP contribution is -2.38. The number of anilines is 1. The third-order valence-corrected chi connectivity index (χ3v) is 4.05. The fourth-order valence-corrected chi connectivity index (χ4v) is 2.82. The number of nitrogens with one attached hydrogen (secondary N) is 1. The summed E-state index contributed by atoms with van der Waals surface area (Å²) < 4.78 is 12.4. The highest BCUT2D eigenvalue weighted by Gasteiger charge is 2.47. The van der Waals surface area contributed by atoms with Crippen LogP contribution in [-0.2, 0) is 21.3 Å². The number of fused-ring (bicyclic) bond motifs is 1. The number of esters is 1. The van der Waals surface area contributed by atoms with Crippen LogP contribution < -0.4 is 17.1 Å². The first-order valence-electron chi connectivity index (χ1n) is 7.34. The van der Waals surface area contributed by atoms with Crippen molar-refractivity contribution in [3.63, 3.8) is 0 Å². The van der Waals surface area contributed by atoms with Crippen LogP contribution in [0.25, 0.3) is 11.2 Å². The number of imidazole rings is 1. The van der Waals surface area contributed by atoms with Gasteiger partial charge in [0.15, 0.2) is 18.0 Å². The molecule has 3 rings (SSSR count). The van der Waals surface area contributed by atoms with Gasteiger partial charge < -0.3 is 30.4 Å². The maximum absolute atomic E-state index is 12.3. The monoisotopic (exact) mass is 355 g/mol. The van der Waals surface area contributed by atoms with E-state index in [1.807, 2.05) is 0 Å². The zero-order valence-electron chi connectivity index (χ0n) is 13.4. The van der Waals surface area contributed by atoms with E-state index >= 15 is 0 Å². The van der Waals surface area contributed by atoms with Crippen LogP contribution in [0.15, 0.2) is 9.59 Å². The third kappa shape index (κ3) is 2.59. The molecule has 0 amide bonds. The van der Waals surface area contributed by atoms with Gasteiger partial charge in [0, 0.05) is 14.0 Å². The van der Waals surface area contributed by atoms with Gasteiger partial charge in [-0.2, -0.15) is 4.98 Å². The molecule has 1 saturated heterocycles. The third-order valence-electron chi connectivity index (χ3n) is 4.05. The van der Waals surface area contributed by atoms with Gasteiger partial charge in [-0.1, -0.05) is 0 Å². The van der Waals surface area contributed by atoms with Gasteiger partial charge in [-0.25, -0.2) is 14.2 Å². The summed E-state index contributed by atoms with van der Waals surface area (Å²) in [6.45, 7) is 0.582. The van der Waals surface area contributed by atoms with Crippen LogP contribution in [0.2, 0.25) is 0 Å². The van der Waals surface area contributed by atoms with Gasteiger partial charge in [0.05, 0.1) is 6.61 Å². The Labute approximate surface area is 139 Å². The first-order valence-corrected chi connectivity index (χ1v) is 7.34. The topological polar surface area (TPSA) is 175 Å². The second-order valence-corrected chi connectivity index (χ2v) is 5.65. The highest BCUT2D eigenvalue weighted by atomic mass is 16.6.